The van der Waals surface area contributed by atoms with Crippen molar-refractivity contribution in [2.45, 2.75) is 12.8 Å². The molecule has 1 saturated carbocycles. The van der Waals surface area contributed by atoms with Crippen LogP contribution in [0.2, 0.25) is 0 Å². The normalized spacial score (nSPS) is 15.9. The van der Waals surface area contributed by atoms with Crippen molar-refractivity contribution in [3.63, 3.8) is 0 Å². The largest absolute Gasteiger partial charge is 1.00 e. The first-order valence-corrected chi connectivity index (χ1v) is 8.17. The second-order valence-electron chi connectivity index (χ2n) is 5.99. The van der Waals surface area contributed by atoms with Crippen molar-refractivity contribution in [1.29, 1.82) is 0 Å². The summed E-state index contributed by atoms with van der Waals surface area (Å²) in [5.74, 6) is 0.101. The number of hydrogen-bond donors (Lipinski definition) is 0. The second kappa shape index (κ2) is 11.1. The number of allylic oxidation sites excluding steroid dienone is 2. The molecule has 0 bridgehead atoms. The van der Waals surface area contributed by atoms with Crippen molar-refractivity contribution in [2.24, 2.45) is 0 Å². The summed E-state index contributed by atoms with van der Waals surface area (Å²) in [4.78, 5) is 12.6. The fourth-order valence-electron chi connectivity index (χ4n) is 2.93. The van der Waals surface area contributed by atoms with Crippen molar-refractivity contribution in [2.75, 3.05) is 14.2 Å². The molecule has 0 spiro atoms. The van der Waals surface area contributed by atoms with E-state index in [2.05, 4.69) is 0 Å². The van der Waals surface area contributed by atoms with Gasteiger partial charge in [-0.05, 0) is 48.3 Å². The number of ether oxygens (including phenoxy) is 2. The van der Waals surface area contributed by atoms with E-state index in [4.69, 9.17) is 9.47 Å². The van der Waals surface area contributed by atoms with Gasteiger partial charge in [0.25, 0.3) is 0 Å². The molecule has 0 atom stereocenters. The first-order valence-electron chi connectivity index (χ1n) is 8.17. The molecule has 0 heterocycles. The Morgan fingerprint density at radius 3 is 1.54 bits per heavy atom. The van der Waals surface area contributed by atoms with Gasteiger partial charge in [0.15, 0.2) is 5.78 Å². The van der Waals surface area contributed by atoms with Gasteiger partial charge in [-0.2, -0.15) is 0 Å². The van der Waals surface area contributed by atoms with Crippen LogP contribution in [0.15, 0.2) is 47.5 Å². The maximum Gasteiger partial charge on any atom is 1.00 e. The van der Waals surface area contributed by atoms with Gasteiger partial charge in [-0.25, -0.2) is 0 Å². The summed E-state index contributed by atoms with van der Waals surface area (Å²) in [5.41, 5.74) is 2.88. The van der Waals surface area contributed by atoms with E-state index in [1.807, 2.05) is 0 Å². The maximum atomic E-state index is 12.6. The van der Waals surface area contributed by atoms with Crippen LogP contribution in [0.4, 0.5) is 0 Å². The summed E-state index contributed by atoms with van der Waals surface area (Å²) >= 11 is 0. The van der Waals surface area contributed by atoms with E-state index in [1.165, 1.54) is 26.4 Å². The third kappa shape index (κ3) is 5.66. The molecule has 28 heavy (non-hydrogen) atoms. The van der Waals surface area contributed by atoms with Crippen LogP contribution in [0, 0.1) is 0 Å². The number of rotatable bonds is 4. The van der Waals surface area contributed by atoms with Crippen LogP contribution in [0.3, 0.4) is 0 Å². The van der Waals surface area contributed by atoms with E-state index in [0.29, 0.717) is 24.0 Å². The smallest absolute Gasteiger partial charge is 0.870 e. The summed E-state index contributed by atoms with van der Waals surface area (Å²) in [6.07, 6.45) is 4.82. The molecule has 1 fully saturated rings. The Hall–Kier alpha value is -1.21. The molecule has 0 radical (unpaired) electrons. The van der Waals surface area contributed by atoms with Gasteiger partial charge in [-0.1, -0.05) is 35.8 Å². The van der Waals surface area contributed by atoms with Crippen LogP contribution in [0.1, 0.15) is 24.0 Å². The number of ketones is 1. The van der Waals surface area contributed by atoms with Crippen molar-refractivity contribution in [1.82, 2.24) is 0 Å². The number of Topliss-reactive ketones (excluding diaryl/α,β-unsaturated/α-hetero) is 1. The molecule has 0 aliphatic heterocycles. The molecule has 134 valence electrons. The molecule has 2 aromatic carbocycles. The number of carbonyl (C=O) groups excluding carboxylic acids is 1. The topological polar surface area (TPSA) is 81.6 Å². The molecular weight excluding hydrogens is 378 g/mol. The summed E-state index contributed by atoms with van der Waals surface area (Å²) in [7, 11) is 2.88. The summed E-state index contributed by atoms with van der Waals surface area (Å²) in [6, 6.07) is 9.45. The maximum absolute atomic E-state index is 12.6. The van der Waals surface area contributed by atoms with E-state index in [-0.39, 0.29) is 87.9 Å². The predicted molar refractivity (Wildman–Crippen MR) is 95.1 cm³/mol. The van der Waals surface area contributed by atoms with Gasteiger partial charge in [0.05, 0.1) is 14.2 Å². The Bertz CT molecular complexity index is 846. The standard InChI is InChI=1S/C21H20O5.2Na/c1-25-19-11-13(3-7-17(19)22)9-15-5-6-16(21(15)24)10-14-4-8-18(23)20(12-14)26-2;;/h3-4,7-12,22-23H,5-6H2,1-2H3;;/q;2*+1/p-2. The Kier molecular flexibility index (Phi) is 9.84. The van der Waals surface area contributed by atoms with Gasteiger partial charge in [0.1, 0.15) is 11.5 Å². The molecule has 5 nitrogen and oxygen atoms in total. The molecule has 0 saturated heterocycles. The van der Waals surface area contributed by atoms with Gasteiger partial charge < -0.3 is 19.7 Å². The van der Waals surface area contributed by atoms with E-state index in [0.717, 1.165) is 11.1 Å². The number of methoxy groups -OCH3 is 2. The molecule has 2 aromatic rings. The third-order valence-electron chi connectivity index (χ3n) is 4.30. The minimum absolute atomic E-state index is 0. The van der Waals surface area contributed by atoms with E-state index in [1.54, 1.807) is 36.4 Å². The number of hydrogen-bond acceptors (Lipinski definition) is 5. The molecule has 1 aliphatic carbocycles. The van der Waals surface area contributed by atoms with Crippen molar-refractivity contribution in [3.05, 3.63) is 58.7 Å². The quantitative estimate of drug-likeness (QED) is 0.399. The fraction of sp³-hybridized carbons (Fsp3) is 0.190. The molecule has 1 aliphatic rings. The SMILES string of the molecule is COc1cc(C=C2CCC(=Cc3ccc([O-])c(OC)c3)C2=O)ccc1[O-].[Na+].[Na+]. The van der Waals surface area contributed by atoms with Crippen LogP contribution in [-0.4, -0.2) is 20.0 Å². The number of carbonyl (C=O) groups is 1. The van der Waals surface area contributed by atoms with Crippen molar-refractivity contribution in [3.8, 4) is 23.0 Å². The van der Waals surface area contributed by atoms with Gasteiger partial charge in [0, 0.05) is 11.1 Å². The molecular formula is C21H18Na2O5. The summed E-state index contributed by atoms with van der Waals surface area (Å²) in [5, 5.41) is 23.2. The predicted octanol–water partition coefficient (Wildman–Crippen LogP) is -3.31. The average molecular weight is 396 g/mol. The van der Waals surface area contributed by atoms with E-state index < -0.39 is 0 Å². The zero-order valence-corrected chi connectivity index (χ0v) is 20.6. The second-order valence-corrected chi connectivity index (χ2v) is 5.99. The van der Waals surface area contributed by atoms with E-state index in [9.17, 15) is 15.0 Å². The minimum Gasteiger partial charge on any atom is -0.870 e. The molecule has 0 N–H and O–H groups in total. The first-order chi connectivity index (χ1) is 12.5. The zero-order valence-electron chi connectivity index (χ0n) is 16.6. The zero-order chi connectivity index (χ0) is 18.7. The molecule has 0 unspecified atom stereocenters. The van der Waals surface area contributed by atoms with Crippen molar-refractivity contribution >= 4 is 17.9 Å². The van der Waals surface area contributed by atoms with Crippen LogP contribution >= 0.6 is 0 Å². The van der Waals surface area contributed by atoms with Crippen LogP contribution in [-0.2, 0) is 4.79 Å². The minimum atomic E-state index is -0.191. The Morgan fingerprint density at radius 1 is 0.786 bits per heavy atom. The molecule has 3 rings (SSSR count). The molecule has 0 amide bonds. The van der Waals surface area contributed by atoms with Crippen LogP contribution < -0.4 is 78.8 Å². The first kappa shape index (κ1) is 24.8. The van der Waals surface area contributed by atoms with Gasteiger partial charge >= 0.3 is 59.1 Å². The Balaban J connectivity index is 0.00000196. The number of benzene rings is 2. The average Bonchev–Trinajstić information content (AvgIpc) is 2.98. The van der Waals surface area contributed by atoms with Crippen LogP contribution in [0.5, 0.6) is 23.0 Å². The van der Waals surface area contributed by atoms with Gasteiger partial charge in [-0.15, -0.1) is 0 Å². The molecule has 7 heteroatoms. The van der Waals surface area contributed by atoms with Crippen molar-refractivity contribution < 1.29 is 83.6 Å². The summed E-state index contributed by atoms with van der Waals surface area (Å²) in [6.45, 7) is 0. The monoisotopic (exact) mass is 396 g/mol. The Morgan fingerprint density at radius 2 is 1.18 bits per heavy atom. The third-order valence-corrected chi connectivity index (χ3v) is 4.30. The molecule has 0 aromatic heterocycles. The van der Waals surface area contributed by atoms with Gasteiger partial charge in [-0.3, -0.25) is 4.79 Å². The van der Waals surface area contributed by atoms with Gasteiger partial charge in [0.2, 0.25) is 0 Å². The van der Waals surface area contributed by atoms with E-state index >= 15 is 0 Å². The Labute approximate surface area is 208 Å². The van der Waals surface area contributed by atoms with Crippen LogP contribution in [0.25, 0.3) is 12.2 Å². The summed E-state index contributed by atoms with van der Waals surface area (Å²) < 4.78 is 10.1. The fourth-order valence-corrected chi connectivity index (χ4v) is 2.93.